The molecule has 0 fully saturated rings. The summed E-state index contributed by atoms with van der Waals surface area (Å²) in [5.41, 5.74) is -0.112. The van der Waals surface area contributed by atoms with E-state index in [1.54, 1.807) is 0 Å². The van der Waals surface area contributed by atoms with Gasteiger partial charge in [0, 0.05) is 12.0 Å². The van der Waals surface area contributed by atoms with E-state index < -0.39 is 24.5 Å². The van der Waals surface area contributed by atoms with Gasteiger partial charge in [-0.15, -0.1) is 0 Å². The number of nitrogens with one attached hydrogen (secondary N) is 1. The molecule has 0 aliphatic carbocycles. The summed E-state index contributed by atoms with van der Waals surface area (Å²) < 4.78 is 36.6. The van der Waals surface area contributed by atoms with Crippen molar-refractivity contribution in [2.45, 2.75) is 45.3 Å². The third kappa shape index (κ3) is 4.96. The molecule has 0 radical (unpaired) electrons. The van der Waals surface area contributed by atoms with Crippen molar-refractivity contribution in [1.82, 2.24) is 15.3 Å². The number of carbonyl (C=O) groups is 1. The van der Waals surface area contributed by atoms with Crippen molar-refractivity contribution in [3.63, 3.8) is 0 Å². The first-order valence-electron chi connectivity index (χ1n) is 6.00. The summed E-state index contributed by atoms with van der Waals surface area (Å²) in [5, 5.41) is 2.23. The number of aromatic nitrogens is 2. The van der Waals surface area contributed by atoms with Crippen molar-refractivity contribution in [2.75, 3.05) is 0 Å². The molecule has 0 saturated heterocycles. The van der Waals surface area contributed by atoms with Crippen LogP contribution in [0.1, 0.15) is 49.4 Å². The fraction of sp³-hybridized carbons (Fsp3) is 0.583. The molecule has 1 aromatic rings. The van der Waals surface area contributed by atoms with Crippen LogP contribution in [-0.4, -0.2) is 28.1 Å². The average Bonchev–Trinajstić information content (AvgIpc) is 2.26. The zero-order valence-corrected chi connectivity index (χ0v) is 12.0. The second-order valence-electron chi connectivity index (χ2n) is 4.77. The largest absolute Gasteiger partial charge is 0.391 e. The minimum Gasteiger partial charge on any atom is -0.348 e. The average molecular weight is 310 g/mol. The SMILES string of the molecule is CC(CC(F)(F)F)NC(=O)c1nc(C(C)C)ncc1Cl. The highest BCUT2D eigenvalue weighted by Gasteiger charge is 2.31. The first kappa shape index (κ1) is 16.7. The number of amides is 1. The van der Waals surface area contributed by atoms with Crippen LogP contribution in [0.4, 0.5) is 13.2 Å². The van der Waals surface area contributed by atoms with Crippen LogP contribution in [0, 0.1) is 0 Å². The van der Waals surface area contributed by atoms with Crippen LogP contribution < -0.4 is 5.32 Å². The molecule has 0 aliphatic rings. The Bertz CT molecular complexity index is 491. The Labute approximate surface area is 119 Å². The number of nitrogens with zero attached hydrogens (tertiary/aromatic N) is 2. The van der Waals surface area contributed by atoms with E-state index in [1.807, 2.05) is 13.8 Å². The molecule has 1 aromatic heterocycles. The maximum Gasteiger partial charge on any atom is 0.391 e. The van der Waals surface area contributed by atoms with Gasteiger partial charge in [-0.05, 0) is 6.92 Å². The van der Waals surface area contributed by atoms with E-state index in [1.165, 1.54) is 13.1 Å². The smallest absolute Gasteiger partial charge is 0.348 e. The Hall–Kier alpha value is -1.37. The quantitative estimate of drug-likeness (QED) is 0.928. The zero-order valence-electron chi connectivity index (χ0n) is 11.3. The van der Waals surface area contributed by atoms with E-state index in [4.69, 9.17) is 11.6 Å². The Kier molecular flexibility index (Phi) is 5.33. The maximum absolute atomic E-state index is 12.2. The lowest BCUT2D eigenvalue weighted by molar-refractivity contribution is -0.138. The highest BCUT2D eigenvalue weighted by Crippen LogP contribution is 2.22. The minimum absolute atomic E-state index is 0.00566. The Morgan fingerprint density at radius 2 is 2.00 bits per heavy atom. The van der Waals surface area contributed by atoms with Crippen LogP contribution in [0.25, 0.3) is 0 Å². The van der Waals surface area contributed by atoms with Crippen molar-refractivity contribution < 1.29 is 18.0 Å². The van der Waals surface area contributed by atoms with Crippen molar-refractivity contribution in [3.05, 3.63) is 22.7 Å². The Balaban J connectivity index is 2.84. The molecule has 0 saturated carbocycles. The van der Waals surface area contributed by atoms with Crippen LogP contribution in [0.5, 0.6) is 0 Å². The highest BCUT2D eigenvalue weighted by atomic mass is 35.5. The van der Waals surface area contributed by atoms with Crippen LogP contribution in [0.15, 0.2) is 6.20 Å². The summed E-state index contributed by atoms with van der Waals surface area (Å²) in [6.45, 7) is 4.93. The first-order chi connectivity index (χ1) is 9.10. The molecule has 4 nitrogen and oxygen atoms in total. The first-order valence-corrected chi connectivity index (χ1v) is 6.38. The van der Waals surface area contributed by atoms with Gasteiger partial charge in [0.2, 0.25) is 0 Å². The molecule has 0 aliphatic heterocycles. The molecular weight excluding hydrogens is 295 g/mol. The van der Waals surface area contributed by atoms with E-state index in [-0.39, 0.29) is 16.6 Å². The van der Waals surface area contributed by atoms with E-state index in [0.717, 1.165) is 0 Å². The molecule has 0 bridgehead atoms. The molecule has 0 spiro atoms. The van der Waals surface area contributed by atoms with Crippen molar-refractivity contribution in [1.29, 1.82) is 0 Å². The normalized spacial score (nSPS) is 13.4. The Morgan fingerprint density at radius 1 is 1.40 bits per heavy atom. The van der Waals surface area contributed by atoms with Crippen LogP contribution in [-0.2, 0) is 0 Å². The zero-order chi connectivity index (χ0) is 15.5. The lowest BCUT2D eigenvalue weighted by Crippen LogP contribution is -2.36. The van der Waals surface area contributed by atoms with Gasteiger partial charge in [-0.2, -0.15) is 13.2 Å². The van der Waals surface area contributed by atoms with Gasteiger partial charge in [0.05, 0.1) is 17.6 Å². The number of halogens is 4. The van der Waals surface area contributed by atoms with Gasteiger partial charge in [-0.25, -0.2) is 9.97 Å². The monoisotopic (exact) mass is 309 g/mol. The van der Waals surface area contributed by atoms with Gasteiger partial charge < -0.3 is 5.32 Å². The van der Waals surface area contributed by atoms with Gasteiger partial charge in [0.25, 0.3) is 5.91 Å². The van der Waals surface area contributed by atoms with E-state index in [2.05, 4.69) is 15.3 Å². The molecule has 1 rings (SSSR count). The summed E-state index contributed by atoms with van der Waals surface area (Å²) in [5.74, 6) is -0.356. The topological polar surface area (TPSA) is 54.9 Å². The lowest BCUT2D eigenvalue weighted by atomic mass is 10.2. The van der Waals surface area contributed by atoms with Crippen molar-refractivity contribution in [3.8, 4) is 0 Å². The number of carbonyl (C=O) groups excluding carboxylic acids is 1. The van der Waals surface area contributed by atoms with Gasteiger partial charge in [-0.1, -0.05) is 25.4 Å². The molecule has 1 atom stereocenters. The summed E-state index contributed by atoms with van der Waals surface area (Å²) in [6, 6.07) is -1.06. The molecule has 8 heteroatoms. The summed E-state index contributed by atoms with van der Waals surface area (Å²) >= 11 is 5.80. The lowest BCUT2D eigenvalue weighted by Gasteiger charge is -2.16. The van der Waals surface area contributed by atoms with Gasteiger partial charge in [0.1, 0.15) is 11.5 Å². The number of alkyl halides is 3. The highest BCUT2D eigenvalue weighted by molar-refractivity contribution is 6.33. The fourth-order valence-electron chi connectivity index (χ4n) is 1.51. The van der Waals surface area contributed by atoms with E-state index >= 15 is 0 Å². The fourth-order valence-corrected chi connectivity index (χ4v) is 1.69. The third-order valence-electron chi connectivity index (χ3n) is 2.41. The molecule has 1 N–H and O–H groups in total. The molecule has 1 heterocycles. The predicted molar refractivity (Wildman–Crippen MR) is 68.7 cm³/mol. The second kappa shape index (κ2) is 6.39. The Morgan fingerprint density at radius 3 is 2.50 bits per heavy atom. The number of hydrogen-bond donors (Lipinski definition) is 1. The van der Waals surface area contributed by atoms with Crippen LogP contribution in [0.3, 0.4) is 0 Å². The number of rotatable bonds is 4. The molecule has 0 aromatic carbocycles. The molecule has 1 amide bonds. The molecular formula is C12H15ClF3N3O. The summed E-state index contributed by atoms with van der Waals surface area (Å²) in [4.78, 5) is 19.8. The summed E-state index contributed by atoms with van der Waals surface area (Å²) in [7, 11) is 0. The predicted octanol–water partition coefficient (Wildman–Crippen LogP) is 3.32. The standard InChI is InChI=1S/C12H15ClF3N3O/c1-6(2)10-17-5-8(13)9(19-10)11(20)18-7(3)4-12(14,15)16/h5-7H,4H2,1-3H3,(H,18,20). The van der Waals surface area contributed by atoms with E-state index in [0.29, 0.717) is 5.82 Å². The second-order valence-corrected chi connectivity index (χ2v) is 5.18. The maximum atomic E-state index is 12.2. The third-order valence-corrected chi connectivity index (χ3v) is 2.69. The van der Waals surface area contributed by atoms with Crippen LogP contribution >= 0.6 is 11.6 Å². The van der Waals surface area contributed by atoms with Crippen LogP contribution in [0.2, 0.25) is 5.02 Å². The summed E-state index contributed by atoms with van der Waals surface area (Å²) in [6.07, 6.45) is -4.18. The number of hydrogen-bond acceptors (Lipinski definition) is 3. The molecule has 112 valence electrons. The van der Waals surface area contributed by atoms with E-state index in [9.17, 15) is 18.0 Å². The van der Waals surface area contributed by atoms with Gasteiger partial charge in [0.15, 0.2) is 0 Å². The minimum atomic E-state index is -4.34. The van der Waals surface area contributed by atoms with Crippen molar-refractivity contribution in [2.24, 2.45) is 0 Å². The molecule has 20 heavy (non-hydrogen) atoms. The van der Waals surface area contributed by atoms with Gasteiger partial charge in [-0.3, -0.25) is 4.79 Å². The van der Waals surface area contributed by atoms with Gasteiger partial charge >= 0.3 is 6.18 Å². The van der Waals surface area contributed by atoms with Crippen molar-refractivity contribution >= 4 is 17.5 Å². The molecule has 1 unspecified atom stereocenters.